The standard InChI is InChI=1S/C14H15BrClNO6/c15-12(6-18)14(16,22)13(21,10(19)11(20)23-12)9-5-7-3-1-2-4-8(7)17-9/h1-5,10-11,17-22H,6H2/t10-,11?,12+,13+,14-/m0/s1. The first kappa shape index (κ1) is 17.1. The van der Waals surface area contributed by atoms with Gasteiger partial charge in [0.25, 0.3) is 0 Å². The maximum Gasteiger partial charge on any atom is 0.217 e. The number of aromatic nitrogens is 1. The third-order valence-corrected chi connectivity index (χ3v) is 5.98. The summed E-state index contributed by atoms with van der Waals surface area (Å²) >= 11 is 8.99. The van der Waals surface area contributed by atoms with Gasteiger partial charge in [-0.15, -0.1) is 0 Å². The van der Waals surface area contributed by atoms with Gasteiger partial charge < -0.3 is 35.3 Å². The first-order valence-electron chi connectivity index (χ1n) is 6.73. The molecule has 3 rings (SSSR count). The molecule has 7 nitrogen and oxygen atoms in total. The minimum absolute atomic E-state index is 0.0386. The lowest BCUT2D eigenvalue weighted by atomic mass is 9.80. The molecule has 1 fully saturated rings. The molecule has 0 bridgehead atoms. The highest BCUT2D eigenvalue weighted by Gasteiger charge is 2.71. The number of aliphatic hydroxyl groups is 5. The zero-order valence-electron chi connectivity index (χ0n) is 11.6. The Morgan fingerprint density at radius 3 is 2.52 bits per heavy atom. The summed E-state index contributed by atoms with van der Waals surface area (Å²) in [5.41, 5.74) is -1.97. The zero-order chi connectivity index (χ0) is 17.0. The quantitative estimate of drug-likeness (QED) is 0.391. The van der Waals surface area contributed by atoms with Crippen LogP contribution in [0.2, 0.25) is 0 Å². The van der Waals surface area contributed by atoms with E-state index in [1.165, 1.54) is 6.07 Å². The van der Waals surface area contributed by atoms with E-state index in [0.717, 1.165) is 0 Å². The average molecular weight is 409 g/mol. The molecule has 0 spiro atoms. The second kappa shape index (κ2) is 5.40. The molecule has 0 aliphatic carbocycles. The highest BCUT2D eigenvalue weighted by atomic mass is 79.9. The van der Waals surface area contributed by atoms with Crippen LogP contribution in [0.15, 0.2) is 30.3 Å². The van der Waals surface area contributed by atoms with Crippen LogP contribution in [0.4, 0.5) is 0 Å². The van der Waals surface area contributed by atoms with Crippen molar-refractivity contribution in [2.24, 2.45) is 0 Å². The van der Waals surface area contributed by atoms with Crippen molar-refractivity contribution in [1.29, 1.82) is 0 Å². The minimum Gasteiger partial charge on any atom is -0.392 e. The molecule has 1 aliphatic heterocycles. The van der Waals surface area contributed by atoms with Crippen molar-refractivity contribution in [3.63, 3.8) is 0 Å². The summed E-state index contributed by atoms with van der Waals surface area (Å²) in [6, 6.07) is 8.49. The average Bonchev–Trinajstić information content (AvgIpc) is 2.96. The van der Waals surface area contributed by atoms with Gasteiger partial charge in [0.2, 0.25) is 5.06 Å². The number of nitrogens with one attached hydrogen (secondary N) is 1. The Morgan fingerprint density at radius 1 is 1.26 bits per heavy atom. The van der Waals surface area contributed by atoms with E-state index in [-0.39, 0.29) is 5.69 Å². The van der Waals surface area contributed by atoms with Crippen LogP contribution >= 0.6 is 27.5 Å². The summed E-state index contributed by atoms with van der Waals surface area (Å²) in [4.78, 5) is 2.85. The lowest BCUT2D eigenvalue weighted by Crippen LogP contribution is -2.74. The van der Waals surface area contributed by atoms with E-state index in [2.05, 4.69) is 20.9 Å². The number of halogens is 2. The first-order chi connectivity index (χ1) is 10.7. The van der Waals surface area contributed by atoms with Gasteiger partial charge in [0, 0.05) is 5.52 Å². The van der Waals surface area contributed by atoms with E-state index in [4.69, 9.17) is 16.3 Å². The van der Waals surface area contributed by atoms with E-state index in [9.17, 15) is 25.5 Å². The molecule has 1 aromatic heterocycles. The fourth-order valence-corrected chi connectivity index (χ4v) is 3.59. The lowest BCUT2D eigenvalue weighted by Gasteiger charge is -2.54. The Morgan fingerprint density at radius 2 is 1.91 bits per heavy atom. The molecule has 1 unspecified atom stereocenters. The van der Waals surface area contributed by atoms with Gasteiger partial charge in [-0.25, -0.2) is 0 Å². The maximum atomic E-state index is 11.0. The maximum absolute atomic E-state index is 11.0. The molecule has 1 aliphatic rings. The topological polar surface area (TPSA) is 126 Å². The zero-order valence-corrected chi connectivity index (χ0v) is 14.0. The second-order valence-electron chi connectivity index (χ2n) is 5.50. The van der Waals surface area contributed by atoms with Crippen molar-refractivity contribution in [2.75, 3.05) is 6.61 Å². The van der Waals surface area contributed by atoms with Crippen LogP contribution in [0.5, 0.6) is 0 Å². The smallest absolute Gasteiger partial charge is 0.217 e. The third kappa shape index (κ3) is 2.18. The van der Waals surface area contributed by atoms with Crippen LogP contribution in [0, 0.1) is 0 Å². The van der Waals surface area contributed by atoms with Crippen LogP contribution in [-0.2, 0) is 10.3 Å². The third-order valence-electron chi connectivity index (χ3n) is 4.15. The molecule has 23 heavy (non-hydrogen) atoms. The SMILES string of the molecule is OC[C@@]1(Br)OC(O)[C@H](O)[C@](O)(c2cc3ccccc3[nH]2)[C@]1(O)Cl. The molecular weight excluding hydrogens is 394 g/mol. The highest BCUT2D eigenvalue weighted by molar-refractivity contribution is 9.10. The molecule has 1 saturated heterocycles. The van der Waals surface area contributed by atoms with Crippen molar-refractivity contribution < 1.29 is 30.3 Å². The summed E-state index contributed by atoms with van der Waals surface area (Å²) in [5, 5.41) is 49.3. The molecule has 0 radical (unpaired) electrons. The van der Waals surface area contributed by atoms with Gasteiger partial charge in [-0.3, -0.25) is 0 Å². The molecule has 126 valence electrons. The van der Waals surface area contributed by atoms with E-state index in [0.29, 0.717) is 10.9 Å². The first-order valence-corrected chi connectivity index (χ1v) is 7.90. The predicted octanol–water partition coefficient (Wildman–Crippen LogP) is 0.0759. The van der Waals surface area contributed by atoms with Gasteiger partial charge in [0.05, 0.1) is 12.3 Å². The van der Waals surface area contributed by atoms with Crippen LogP contribution < -0.4 is 0 Å². The lowest BCUT2D eigenvalue weighted by molar-refractivity contribution is -0.349. The Kier molecular flexibility index (Phi) is 4.02. The fourth-order valence-electron chi connectivity index (χ4n) is 2.78. The minimum atomic E-state index is -2.70. The molecular formula is C14H15BrClNO6. The van der Waals surface area contributed by atoms with Gasteiger partial charge in [-0.05, 0) is 33.4 Å². The van der Waals surface area contributed by atoms with Crippen molar-refractivity contribution in [2.45, 2.75) is 27.6 Å². The summed E-state index contributed by atoms with van der Waals surface area (Å²) in [6.45, 7) is -0.876. The molecule has 9 heteroatoms. The number of H-pyrrole nitrogens is 1. The number of aliphatic hydroxyl groups excluding tert-OH is 3. The summed E-state index contributed by atoms with van der Waals surface area (Å²) in [6.07, 6.45) is -3.88. The van der Waals surface area contributed by atoms with Gasteiger partial charge in [0.1, 0.15) is 6.10 Å². The van der Waals surface area contributed by atoms with E-state index in [1.54, 1.807) is 24.3 Å². The Labute approximate surface area is 144 Å². The van der Waals surface area contributed by atoms with E-state index >= 15 is 0 Å². The number of alkyl halides is 2. The van der Waals surface area contributed by atoms with Crippen LogP contribution in [0.25, 0.3) is 10.9 Å². The largest absolute Gasteiger partial charge is 0.392 e. The monoisotopic (exact) mass is 407 g/mol. The van der Waals surface area contributed by atoms with Crippen molar-refractivity contribution in [3.8, 4) is 0 Å². The Bertz CT molecular complexity index is 706. The number of benzene rings is 1. The van der Waals surface area contributed by atoms with Crippen LogP contribution in [-0.4, -0.2) is 59.1 Å². The summed E-state index contributed by atoms with van der Waals surface area (Å²) in [7, 11) is 0. The molecule has 0 amide bonds. The molecule has 2 heterocycles. The van der Waals surface area contributed by atoms with Crippen molar-refractivity contribution in [3.05, 3.63) is 36.0 Å². The molecule has 6 N–H and O–H groups in total. The van der Waals surface area contributed by atoms with Crippen LogP contribution in [0.3, 0.4) is 0 Å². The number of fused-ring (bicyclic) bond motifs is 1. The van der Waals surface area contributed by atoms with E-state index < -0.39 is 34.2 Å². The normalized spacial score (nSPS) is 41.3. The summed E-state index contributed by atoms with van der Waals surface area (Å²) < 4.78 is 2.85. The molecule has 0 saturated carbocycles. The van der Waals surface area contributed by atoms with Gasteiger partial charge in [-0.2, -0.15) is 0 Å². The second-order valence-corrected chi connectivity index (χ2v) is 7.33. The van der Waals surface area contributed by atoms with Gasteiger partial charge in [-0.1, -0.05) is 29.8 Å². The predicted molar refractivity (Wildman–Crippen MR) is 84.8 cm³/mol. The van der Waals surface area contributed by atoms with Crippen molar-refractivity contribution >= 4 is 38.4 Å². The summed E-state index contributed by atoms with van der Waals surface area (Å²) in [5.74, 6) is 0. The number of hydrogen-bond donors (Lipinski definition) is 6. The number of rotatable bonds is 2. The van der Waals surface area contributed by atoms with Crippen molar-refractivity contribution in [1.82, 2.24) is 4.98 Å². The van der Waals surface area contributed by atoms with Gasteiger partial charge in [0.15, 0.2) is 16.4 Å². The van der Waals surface area contributed by atoms with Gasteiger partial charge >= 0.3 is 0 Å². The van der Waals surface area contributed by atoms with Crippen LogP contribution in [0.1, 0.15) is 5.69 Å². The molecule has 2 aromatic rings. The van der Waals surface area contributed by atoms with E-state index in [1.807, 2.05) is 0 Å². The number of ether oxygens (including phenoxy) is 1. The fraction of sp³-hybridized carbons (Fsp3) is 0.429. The molecule has 5 atom stereocenters. The number of aromatic amines is 1. The number of para-hydroxylation sites is 1. The Balaban J connectivity index is 2.22. The molecule has 1 aromatic carbocycles. The Hall–Kier alpha value is -0.710. The number of hydrogen-bond acceptors (Lipinski definition) is 6. The highest BCUT2D eigenvalue weighted by Crippen LogP contribution is 2.54.